The molecule has 2 N–H and O–H groups in total. The molecule has 0 bridgehead atoms. The van der Waals surface area contributed by atoms with Crippen molar-refractivity contribution in [3.05, 3.63) is 48.2 Å². The van der Waals surface area contributed by atoms with E-state index in [-0.39, 0.29) is 5.91 Å². The van der Waals surface area contributed by atoms with Crippen LogP contribution in [0.4, 0.5) is 5.82 Å². The minimum atomic E-state index is -0.232. The summed E-state index contributed by atoms with van der Waals surface area (Å²) in [5, 5.41) is 13.3. The molecule has 1 heterocycles. The van der Waals surface area contributed by atoms with Crippen molar-refractivity contribution >= 4 is 11.7 Å². The molecule has 0 unspecified atom stereocenters. The van der Waals surface area contributed by atoms with E-state index in [0.29, 0.717) is 24.7 Å². The maximum Gasteiger partial charge on any atom is 0.271 e. The largest absolute Gasteiger partial charge is 0.494 e. The summed E-state index contributed by atoms with van der Waals surface area (Å²) >= 11 is 0. The van der Waals surface area contributed by atoms with E-state index >= 15 is 0 Å². The molecular formula is C15H18N4O2. The van der Waals surface area contributed by atoms with Crippen molar-refractivity contribution in [2.75, 3.05) is 25.5 Å². The predicted molar refractivity (Wildman–Crippen MR) is 80.5 cm³/mol. The van der Waals surface area contributed by atoms with Gasteiger partial charge >= 0.3 is 0 Å². The molecule has 6 nitrogen and oxygen atoms in total. The lowest BCUT2D eigenvalue weighted by Gasteiger charge is -2.07. The Kier molecular flexibility index (Phi) is 5.51. The topological polar surface area (TPSA) is 76.1 Å². The molecule has 1 aromatic heterocycles. The first-order valence-electron chi connectivity index (χ1n) is 6.77. The fourth-order valence-electron chi connectivity index (χ4n) is 1.66. The molecule has 0 saturated carbocycles. The van der Waals surface area contributed by atoms with Crippen LogP contribution >= 0.6 is 0 Å². The van der Waals surface area contributed by atoms with Crippen LogP contribution in [0.5, 0.6) is 5.75 Å². The summed E-state index contributed by atoms with van der Waals surface area (Å²) < 4.78 is 5.54. The van der Waals surface area contributed by atoms with E-state index in [1.165, 1.54) is 0 Å². The molecule has 6 heteroatoms. The fourth-order valence-corrected chi connectivity index (χ4v) is 1.66. The number of hydrogen-bond acceptors (Lipinski definition) is 5. The van der Waals surface area contributed by atoms with Gasteiger partial charge in [-0.2, -0.15) is 0 Å². The van der Waals surface area contributed by atoms with Gasteiger partial charge in [0.15, 0.2) is 5.69 Å². The minimum Gasteiger partial charge on any atom is -0.494 e. The summed E-state index contributed by atoms with van der Waals surface area (Å²) in [6.45, 7) is 1.08. The molecular weight excluding hydrogens is 268 g/mol. The van der Waals surface area contributed by atoms with Crippen molar-refractivity contribution in [1.82, 2.24) is 15.5 Å². The number of nitrogens with zero attached hydrogens (tertiary/aromatic N) is 2. The molecule has 0 atom stereocenters. The Balaban J connectivity index is 1.67. The van der Waals surface area contributed by atoms with E-state index in [4.69, 9.17) is 4.74 Å². The van der Waals surface area contributed by atoms with Crippen LogP contribution in [0.2, 0.25) is 0 Å². The van der Waals surface area contributed by atoms with Crippen molar-refractivity contribution in [2.24, 2.45) is 0 Å². The number of aromatic nitrogens is 2. The number of amides is 1. The second kappa shape index (κ2) is 7.84. The van der Waals surface area contributed by atoms with Crippen molar-refractivity contribution in [2.45, 2.75) is 6.42 Å². The number of carbonyl (C=O) groups excluding carboxylic acids is 1. The van der Waals surface area contributed by atoms with Crippen LogP contribution in [-0.2, 0) is 0 Å². The number of hydrogen-bond donors (Lipinski definition) is 2. The van der Waals surface area contributed by atoms with Crippen LogP contribution in [0, 0.1) is 0 Å². The zero-order chi connectivity index (χ0) is 14.9. The van der Waals surface area contributed by atoms with Gasteiger partial charge in [-0.3, -0.25) is 4.79 Å². The first kappa shape index (κ1) is 14.8. The molecule has 0 radical (unpaired) electrons. The highest BCUT2D eigenvalue weighted by Gasteiger charge is 2.06. The zero-order valence-electron chi connectivity index (χ0n) is 11.9. The summed E-state index contributed by atoms with van der Waals surface area (Å²) in [5.74, 6) is 1.23. The van der Waals surface area contributed by atoms with Crippen LogP contribution < -0.4 is 15.4 Å². The van der Waals surface area contributed by atoms with Crippen LogP contribution in [-0.4, -0.2) is 36.3 Å². The summed E-state index contributed by atoms with van der Waals surface area (Å²) in [6, 6.07) is 12.9. The highest BCUT2D eigenvalue weighted by atomic mass is 16.5. The van der Waals surface area contributed by atoms with E-state index in [9.17, 15) is 4.79 Å². The molecule has 2 aromatic rings. The molecule has 0 aliphatic carbocycles. The van der Waals surface area contributed by atoms with E-state index in [0.717, 1.165) is 12.2 Å². The van der Waals surface area contributed by atoms with Gasteiger partial charge in [-0.25, -0.2) is 0 Å². The van der Waals surface area contributed by atoms with Crippen molar-refractivity contribution in [1.29, 1.82) is 0 Å². The Morgan fingerprint density at radius 3 is 2.62 bits per heavy atom. The normalized spacial score (nSPS) is 9.95. The van der Waals surface area contributed by atoms with Gasteiger partial charge in [-0.05, 0) is 30.7 Å². The Labute approximate surface area is 123 Å². The van der Waals surface area contributed by atoms with Crippen LogP contribution in [0.1, 0.15) is 16.9 Å². The van der Waals surface area contributed by atoms with E-state index < -0.39 is 0 Å². The summed E-state index contributed by atoms with van der Waals surface area (Å²) in [6.07, 6.45) is 0.725. The first-order chi connectivity index (χ1) is 10.3. The first-order valence-corrected chi connectivity index (χ1v) is 6.77. The number of benzene rings is 1. The average molecular weight is 286 g/mol. The van der Waals surface area contributed by atoms with Gasteiger partial charge in [-0.1, -0.05) is 18.2 Å². The molecule has 0 aliphatic rings. The Hall–Kier alpha value is -2.63. The third-order valence-corrected chi connectivity index (χ3v) is 2.77. The quantitative estimate of drug-likeness (QED) is 0.758. The third-order valence-electron chi connectivity index (χ3n) is 2.77. The number of nitrogens with one attached hydrogen (secondary N) is 2. The maximum absolute atomic E-state index is 11.8. The molecule has 21 heavy (non-hydrogen) atoms. The molecule has 2 rings (SSSR count). The van der Waals surface area contributed by atoms with Crippen LogP contribution in [0.25, 0.3) is 0 Å². The Morgan fingerprint density at radius 1 is 1.14 bits per heavy atom. The fraction of sp³-hybridized carbons (Fsp3) is 0.267. The molecule has 110 valence electrons. The molecule has 1 aromatic carbocycles. The zero-order valence-corrected chi connectivity index (χ0v) is 11.9. The minimum absolute atomic E-state index is 0.232. The molecule has 0 fully saturated rings. The molecule has 0 spiro atoms. The van der Waals surface area contributed by atoms with Crippen LogP contribution in [0.3, 0.4) is 0 Å². The number of para-hydroxylation sites is 1. The third kappa shape index (κ3) is 4.76. The number of ether oxygens (including phenoxy) is 1. The van der Waals surface area contributed by atoms with Crippen molar-refractivity contribution < 1.29 is 9.53 Å². The monoisotopic (exact) mass is 286 g/mol. The lowest BCUT2D eigenvalue weighted by Crippen LogP contribution is -2.26. The second-order valence-corrected chi connectivity index (χ2v) is 4.32. The van der Waals surface area contributed by atoms with Gasteiger partial charge in [0.2, 0.25) is 0 Å². The molecule has 0 aliphatic heterocycles. The molecule has 1 amide bonds. The number of rotatable bonds is 7. The van der Waals surface area contributed by atoms with Gasteiger partial charge < -0.3 is 15.4 Å². The Bertz CT molecular complexity index is 558. The van der Waals surface area contributed by atoms with Crippen LogP contribution in [0.15, 0.2) is 42.5 Å². The predicted octanol–water partition coefficient (Wildman–Crippen LogP) is 1.72. The lowest BCUT2D eigenvalue weighted by molar-refractivity contribution is 0.0945. The summed E-state index contributed by atoms with van der Waals surface area (Å²) in [7, 11) is 1.75. The van der Waals surface area contributed by atoms with Gasteiger partial charge in [0, 0.05) is 13.6 Å². The molecule has 0 saturated heterocycles. The summed E-state index contributed by atoms with van der Waals surface area (Å²) in [4.78, 5) is 11.8. The van der Waals surface area contributed by atoms with E-state index in [1.54, 1.807) is 19.2 Å². The maximum atomic E-state index is 11.8. The van der Waals surface area contributed by atoms with Gasteiger partial charge in [0.25, 0.3) is 5.91 Å². The van der Waals surface area contributed by atoms with E-state index in [1.807, 2.05) is 30.3 Å². The summed E-state index contributed by atoms with van der Waals surface area (Å²) in [5.41, 5.74) is 0.304. The second-order valence-electron chi connectivity index (χ2n) is 4.32. The SMILES string of the molecule is CNc1ccc(C(=O)NCCCOc2ccccc2)nn1. The lowest BCUT2D eigenvalue weighted by atomic mass is 10.3. The van der Waals surface area contributed by atoms with Gasteiger partial charge in [0.05, 0.1) is 6.61 Å². The smallest absolute Gasteiger partial charge is 0.271 e. The van der Waals surface area contributed by atoms with Crippen molar-refractivity contribution in [3.63, 3.8) is 0 Å². The Morgan fingerprint density at radius 2 is 1.95 bits per heavy atom. The standard InChI is InChI=1S/C15H18N4O2/c1-16-14-9-8-13(18-19-14)15(20)17-10-5-11-21-12-6-3-2-4-7-12/h2-4,6-9H,5,10-11H2,1H3,(H,16,19)(H,17,20). The average Bonchev–Trinajstić information content (AvgIpc) is 2.55. The number of anilines is 1. The van der Waals surface area contributed by atoms with E-state index in [2.05, 4.69) is 20.8 Å². The number of carbonyl (C=O) groups is 1. The van der Waals surface area contributed by atoms with Gasteiger partial charge in [-0.15, -0.1) is 10.2 Å². The van der Waals surface area contributed by atoms with Gasteiger partial charge in [0.1, 0.15) is 11.6 Å². The highest BCUT2D eigenvalue weighted by Crippen LogP contribution is 2.08. The highest BCUT2D eigenvalue weighted by molar-refractivity contribution is 5.92. The van der Waals surface area contributed by atoms with Crippen molar-refractivity contribution in [3.8, 4) is 5.75 Å².